The molecule has 0 atom stereocenters. The van der Waals surface area contributed by atoms with Gasteiger partial charge in [-0.25, -0.2) is 0 Å². The van der Waals surface area contributed by atoms with Crippen LogP contribution in [0.25, 0.3) is 0 Å². The lowest BCUT2D eigenvalue weighted by Gasteiger charge is -2.11. The van der Waals surface area contributed by atoms with Crippen molar-refractivity contribution in [1.82, 2.24) is 0 Å². The molecule has 2 rings (SSSR count). The van der Waals surface area contributed by atoms with E-state index in [1.807, 2.05) is 19.9 Å². The molecule has 0 aliphatic rings. The molecule has 0 radical (unpaired) electrons. The highest BCUT2D eigenvalue weighted by molar-refractivity contribution is 9.10. The molecular weight excluding hydrogens is 326 g/mol. The molecule has 1 aromatic heterocycles. The molecule has 1 aromatic carbocycles. The van der Waals surface area contributed by atoms with Crippen LogP contribution in [-0.4, -0.2) is 12.4 Å². The van der Waals surface area contributed by atoms with Crippen LogP contribution in [0, 0.1) is 6.92 Å². The lowest BCUT2D eigenvalue weighted by atomic mass is 10.1. The highest BCUT2D eigenvalue weighted by Crippen LogP contribution is 2.33. The van der Waals surface area contributed by atoms with Gasteiger partial charge >= 0.3 is 0 Å². The second-order valence-electron chi connectivity index (χ2n) is 4.02. The minimum atomic E-state index is -0.0688. The van der Waals surface area contributed by atoms with Crippen molar-refractivity contribution in [3.05, 3.63) is 44.1 Å². The third-order valence-electron chi connectivity index (χ3n) is 2.59. The maximum absolute atomic E-state index is 12.6. The Balaban J connectivity index is 2.50. The summed E-state index contributed by atoms with van der Waals surface area (Å²) in [5.74, 6) is 0.397. The smallest absolute Gasteiger partial charge is 0.207 e. The number of anilines is 1. The van der Waals surface area contributed by atoms with E-state index in [9.17, 15) is 4.79 Å². The summed E-state index contributed by atoms with van der Waals surface area (Å²) >= 11 is 4.87. The standard InChI is InChI=1S/C14H14BrNO2S/c1-3-18-13-9(5-4-6-11(13)16)12(17)14-10(15)7-8(2)19-14/h4-7H,3,16H2,1-2H3. The Morgan fingerprint density at radius 2 is 2.21 bits per heavy atom. The van der Waals surface area contributed by atoms with Crippen LogP contribution in [0.5, 0.6) is 5.75 Å². The molecule has 3 nitrogen and oxygen atoms in total. The molecule has 0 fully saturated rings. The van der Waals surface area contributed by atoms with E-state index < -0.39 is 0 Å². The van der Waals surface area contributed by atoms with Crippen LogP contribution in [0.4, 0.5) is 5.69 Å². The molecule has 0 amide bonds. The number of nitrogens with two attached hydrogens (primary N) is 1. The summed E-state index contributed by atoms with van der Waals surface area (Å²) in [4.78, 5) is 14.3. The Kier molecular flexibility index (Phi) is 4.27. The third-order valence-corrected chi connectivity index (χ3v) is 4.53. The molecule has 0 aliphatic heterocycles. The summed E-state index contributed by atoms with van der Waals surface area (Å²) in [6.07, 6.45) is 0. The number of aryl methyl sites for hydroxylation is 1. The largest absolute Gasteiger partial charge is 0.491 e. The zero-order valence-corrected chi connectivity index (χ0v) is 13.1. The number of rotatable bonds is 4. The molecule has 5 heteroatoms. The Hall–Kier alpha value is -1.33. The van der Waals surface area contributed by atoms with Crippen molar-refractivity contribution in [2.75, 3.05) is 12.3 Å². The number of carbonyl (C=O) groups excluding carboxylic acids is 1. The Morgan fingerprint density at radius 1 is 1.47 bits per heavy atom. The molecule has 19 heavy (non-hydrogen) atoms. The highest BCUT2D eigenvalue weighted by Gasteiger charge is 2.20. The van der Waals surface area contributed by atoms with Crippen molar-refractivity contribution in [1.29, 1.82) is 0 Å². The monoisotopic (exact) mass is 339 g/mol. The van der Waals surface area contributed by atoms with Crippen molar-refractivity contribution in [2.45, 2.75) is 13.8 Å². The van der Waals surface area contributed by atoms with Crippen LogP contribution >= 0.6 is 27.3 Å². The molecule has 0 aliphatic carbocycles. The van der Waals surface area contributed by atoms with E-state index in [4.69, 9.17) is 10.5 Å². The number of ether oxygens (including phenoxy) is 1. The van der Waals surface area contributed by atoms with Gasteiger partial charge in [0.2, 0.25) is 5.78 Å². The fourth-order valence-electron chi connectivity index (χ4n) is 1.80. The Morgan fingerprint density at radius 3 is 2.79 bits per heavy atom. The lowest BCUT2D eigenvalue weighted by molar-refractivity contribution is 0.103. The normalized spacial score (nSPS) is 10.5. The zero-order chi connectivity index (χ0) is 14.0. The minimum absolute atomic E-state index is 0.0688. The quantitative estimate of drug-likeness (QED) is 0.675. The fraction of sp³-hybridized carbons (Fsp3) is 0.214. The number of thiophene rings is 1. The van der Waals surface area contributed by atoms with Crippen molar-refractivity contribution >= 4 is 38.7 Å². The van der Waals surface area contributed by atoms with E-state index in [1.54, 1.807) is 18.2 Å². The van der Waals surface area contributed by atoms with Crippen LogP contribution in [0.2, 0.25) is 0 Å². The van der Waals surface area contributed by atoms with E-state index in [0.717, 1.165) is 9.35 Å². The number of halogens is 1. The van der Waals surface area contributed by atoms with Crippen molar-refractivity contribution in [3.63, 3.8) is 0 Å². The lowest BCUT2D eigenvalue weighted by Crippen LogP contribution is -2.06. The van der Waals surface area contributed by atoms with Gasteiger partial charge in [0.25, 0.3) is 0 Å². The van der Waals surface area contributed by atoms with Gasteiger partial charge in [-0.05, 0) is 48.0 Å². The maximum Gasteiger partial charge on any atom is 0.207 e. The molecular formula is C14H14BrNO2S. The predicted octanol–water partition coefficient (Wildman–Crippen LogP) is 4.03. The number of para-hydroxylation sites is 1. The number of ketones is 1. The molecule has 0 saturated heterocycles. The van der Waals surface area contributed by atoms with Crippen LogP contribution < -0.4 is 10.5 Å². The molecule has 2 aromatic rings. The van der Waals surface area contributed by atoms with E-state index in [2.05, 4.69) is 15.9 Å². The van der Waals surface area contributed by atoms with Gasteiger partial charge in [0.15, 0.2) is 5.75 Å². The Labute approximate surface area is 124 Å². The molecule has 1 heterocycles. The summed E-state index contributed by atoms with van der Waals surface area (Å²) in [7, 11) is 0. The van der Waals surface area contributed by atoms with Gasteiger partial charge in [0, 0.05) is 9.35 Å². The summed E-state index contributed by atoms with van der Waals surface area (Å²) < 4.78 is 6.31. The molecule has 100 valence electrons. The van der Waals surface area contributed by atoms with Gasteiger partial charge in [0.05, 0.1) is 22.7 Å². The summed E-state index contributed by atoms with van der Waals surface area (Å²) in [6.45, 7) is 4.31. The number of benzene rings is 1. The predicted molar refractivity (Wildman–Crippen MR) is 82.2 cm³/mol. The number of carbonyl (C=O) groups is 1. The minimum Gasteiger partial charge on any atom is -0.491 e. The highest BCUT2D eigenvalue weighted by atomic mass is 79.9. The second-order valence-corrected chi connectivity index (χ2v) is 6.13. The second kappa shape index (κ2) is 5.75. The van der Waals surface area contributed by atoms with E-state index in [1.165, 1.54) is 11.3 Å². The van der Waals surface area contributed by atoms with Crippen LogP contribution in [0.3, 0.4) is 0 Å². The summed E-state index contributed by atoms with van der Waals surface area (Å²) in [5, 5.41) is 0. The van der Waals surface area contributed by atoms with Crippen molar-refractivity contribution in [2.24, 2.45) is 0 Å². The molecule has 0 spiro atoms. The van der Waals surface area contributed by atoms with Crippen LogP contribution in [0.1, 0.15) is 27.0 Å². The first-order valence-corrected chi connectivity index (χ1v) is 7.47. The van der Waals surface area contributed by atoms with E-state index >= 15 is 0 Å². The van der Waals surface area contributed by atoms with Gasteiger partial charge in [-0.3, -0.25) is 4.79 Å². The first-order chi connectivity index (χ1) is 9.04. The topological polar surface area (TPSA) is 52.3 Å². The SMILES string of the molecule is CCOc1c(N)cccc1C(=O)c1sc(C)cc1Br. The van der Waals surface area contributed by atoms with Gasteiger partial charge in [-0.15, -0.1) is 11.3 Å². The van der Waals surface area contributed by atoms with Crippen molar-refractivity contribution < 1.29 is 9.53 Å². The molecule has 0 saturated carbocycles. The average molecular weight is 340 g/mol. The molecule has 0 unspecified atom stereocenters. The summed E-state index contributed by atoms with van der Waals surface area (Å²) in [5.41, 5.74) is 6.87. The van der Waals surface area contributed by atoms with E-state index in [-0.39, 0.29) is 5.78 Å². The average Bonchev–Trinajstić information content (AvgIpc) is 2.70. The number of hydrogen-bond acceptors (Lipinski definition) is 4. The first-order valence-electron chi connectivity index (χ1n) is 5.86. The summed E-state index contributed by atoms with van der Waals surface area (Å²) in [6, 6.07) is 7.17. The fourth-order valence-corrected chi connectivity index (χ4v) is 3.58. The van der Waals surface area contributed by atoms with Crippen molar-refractivity contribution in [3.8, 4) is 5.75 Å². The number of nitrogen functional groups attached to an aromatic ring is 1. The van der Waals surface area contributed by atoms with Gasteiger partial charge in [-0.2, -0.15) is 0 Å². The zero-order valence-electron chi connectivity index (χ0n) is 10.7. The Bertz CT molecular complexity index is 622. The van der Waals surface area contributed by atoms with Gasteiger partial charge in [-0.1, -0.05) is 6.07 Å². The maximum atomic E-state index is 12.6. The van der Waals surface area contributed by atoms with Crippen LogP contribution in [-0.2, 0) is 0 Å². The number of hydrogen-bond donors (Lipinski definition) is 1. The molecule has 2 N–H and O–H groups in total. The van der Waals surface area contributed by atoms with Crippen LogP contribution in [0.15, 0.2) is 28.7 Å². The van der Waals surface area contributed by atoms with Gasteiger partial charge in [0.1, 0.15) is 0 Å². The first kappa shape index (κ1) is 14.1. The van der Waals surface area contributed by atoms with E-state index in [0.29, 0.717) is 28.5 Å². The molecule has 0 bridgehead atoms. The van der Waals surface area contributed by atoms with Gasteiger partial charge < -0.3 is 10.5 Å². The third kappa shape index (κ3) is 2.82.